The van der Waals surface area contributed by atoms with Crippen LogP contribution < -0.4 is 5.01 Å². The minimum absolute atomic E-state index is 0.0693. The molecular formula is C16H12F3N5O3. The molecule has 0 N–H and O–H groups in total. The second-order valence-electron chi connectivity index (χ2n) is 5.64. The van der Waals surface area contributed by atoms with Gasteiger partial charge in [0, 0.05) is 12.1 Å². The molecule has 140 valence electrons. The summed E-state index contributed by atoms with van der Waals surface area (Å²) in [6, 6.07) is 9.89. The number of anilines is 1. The number of nitro benzene ring substituents is 1. The number of benzene rings is 2. The number of hydrogen-bond acceptors (Lipinski definition) is 7. The first-order chi connectivity index (χ1) is 12.8. The Kier molecular flexibility index (Phi) is 4.75. The molecular weight excluding hydrogens is 367 g/mol. The van der Waals surface area contributed by atoms with E-state index in [2.05, 4.69) is 10.4 Å². The van der Waals surface area contributed by atoms with Crippen molar-refractivity contribution >= 4 is 17.7 Å². The summed E-state index contributed by atoms with van der Waals surface area (Å²) in [5.74, 6) is 0. The summed E-state index contributed by atoms with van der Waals surface area (Å²) in [4.78, 5) is 21.6. The fourth-order valence-electron chi connectivity index (χ4n) is 2.50. The highest BCUT2D eigenvalue weighted by Gasteiger charge is 2.33. The van der Waals surface area contributed by atoms with Gasteiger partial charge in [-0.25, -0.2) is 10.0 Å². The molecule has 2 aromatic rings. The second kappa shape index (κ2) is 7.02. The molecule has 0 aliphatic carbocycles. The van der Waals surface area contributed by atoms with Crippen LogP contribution in [0.2, 0.25) is 0 Å². The fourth-order valence-corrected chi connectivity index (χ4v) is 2.50. The van der Waals surface area contributed by atoms with Gasteiger partial charge in [-0.1, -0.05) is 17.4 Å². The van der Waals surface area contributed by atoms with Crippen LogP contribution in [0.5, 0.6) is 0 Å². The van der Waals surface area contributed by atoms with Crippen LogP contribution >= 0.6 is 0 Å². The first kappa shape index (κ1) is 18.3. The Bertz CT molecular complexity index is 868. The third-order valence-corrected chi connectivity index (χ3v) is 3.88. The highest BCUT2D eigenvalue weighted by atomic mass is 19.4. The van der Waals surface area contributed by atoms with Gasteiger partial charge < -0.3 is 0 Å². The van der Waals surface area contributed by atoms with Crippen molar-refractivity contribution in [2.45, 2.75) is 18.9 Å². The van der Waals surface area contributed by atoms with Crippen LogP contribution in [0.15, 0.2) is 59.0 Å². The molecule has 0 saturated heterocycles. The number of carbonyl (C=O) groups excluding carboxylic acids is 1. The van der Waals surface area contributed by atoms with Crippen LogP contribution in [-0.4, -0.2) is 22.4 Å². The molecule has 0 saturated carbocycles. The largest absolute Gasteiger partial charge is 0.416 e. The topological polar surface area (TPSA) is 91.4 Å². The molecule has 1 atom stereocenters. The Hall–Kier alpha value is -3.50. The van der Waals surface area contributed by atoms with Crippen LogP contribution in [-0.2, 0) is 17.5 Å². The molecule has 2 aromatic carbocycles. The zero-order chi connectivity index (χ0) is 19.6. The summed E-state index contributed by atoms with van der Waals surface area (Å²) in [7, 11) is 0. The van der Waals surface area contributed by atoms with E-state index in [1.807, 2.05) is 0 Å². The maximum atomic E-state index is 12.7. The number of halogens is 3. The van der Waals surface area contributed by atoms with Crippen molar-refractivity contribution in [1.82, 2.24) is 5.01 Å². The van der Waals surface area contributed by atoms with Crippen LogP contribution in [0.3, 0.4) is 0 Å². The maximum absolute atomic E-state index is 12.7. The molecule has 1 aliphatic heterocycles. The van der Waals surface area contributed by atoms with Crippen molar-refractivity contribution < 1.29 is 22.9 Å². The monoisotopic (exact) mass is 379 g/mol. The number of alkyl halides is 3. The van der Waals surface area contributed by atoms with E-state index in [0.717, 1.165) is 12.1 Å². The van der Waals surface area contributed by atoms with Crippen LogP contribution in [0.1, 0.15) is 11.1 Å². The zero-order valence-corrected chi connectivity index (χ0v) is 13.6. The normalized spacial score (nSPS) is 16.6. The first-order valence-electron chi connectivity index (χ1n) is 7.63. The van der Waals surface area contributed by atoms with Gasteiger partial charge in [0.1, 0.15) is 0 Å². The number of hydrogen-bond donors (Lipinski definition) is 0. The van der Waals surface area contributed by atoms with E-state index in [1.165, 1.54) is 46.4 Å². The van der Waals surface area contributed by atoms with Gasteiger partial charge in [-0.05, 0) is 35.1 Å². The predicted molar refractivity (Wildman–Crippen MR) is 87.3 cm³/mol. The van der Waals surface area contributed by atoms with Crippen LogP contribution in [0, 0.1) is 10.1 Å². The molecule has 0 fully saturated rings. The molecule has 8 nitrogen and oxygen atoms in total. The lowest BCUT2D eigenvalue weighted by molar-refractivity contribution is -0.384. The van der Waals surface area contributed by atoms with Gasteiger partial charge in [0.25, 0.3) is 5.69 Å². The standard InChI is InChI=1S/C16H12F3N5O3/c17-16(18,19)12-3-7-13(8-4-12)23-15(10-25)22(20-21-23)9-11-1-5-14(6-2-11)24(26)27/h1-8,10,15H,9H2. The minimum Gasteiger partial charge on any atom is -0.299 e. The molecule has 1 heterocycles. The number of non-ortho nitro benzene ring substituents is 1. The first-order valence-corrected chi connectivity index (χ1v) is 7.63. The fraction of sp³-hybridized carbons (Fsp3) is 0.188. The van der Waals surface area contributed by atoms with Gasteiger partial charge in [0.05, 0.1) is 22.7 Å². The van der Waals surface area contributed by atoms with E-state index in [1.54, 1.807) is 0 Å². The van der Waals surface area contributed by atoms with Crippen molar-refractivity contribution in [2.75, 3.05) is 5.01 Å². The smallest absolute Gasteiger partial charge is 0.299 e. The molecule has 27 heavy (non-hydrogen) atoms. The summed E-state index contributed by atoms with van der Waals surface area (Å²) >= 11 is 0. The van der Waals surface area contributed by atoms with Gasteiger partial charge in [-0.3, -0.25) is 14.9 Å². The Morgan fingerprint density at radius 3 is 2.22 bits per heavy atom. The van der Waals surface area contributed by atoms with E-state index in [-0.39, 0.29) is 17.9 Å². The van der Waals surface area contributed by atoms with Crippen molar-refractivity contribution in [3.8, 4) is 0 Å². The molecule has 0 spiro atoms. The molecule has 3 rings (SSSR count). The predicted octanol–water partition coefficient (Wildman–Crippen LogP) is 3.74. The molecule has 0 radical (unpaired) electrons. The lowest BCUT2D eigenvalue weighted by atomic mass is 10.2. The average molecular weight is 379 g/mol. The molecule has 11 heteroatoms. The summed E-state index contributed by atoms with van der Waals surface area (Å²) in [5.41, 5.74) is 0.0450. The molecule has 1 unspecified atom stereocenters. The minimum atomic E-state index is -4.46. The lowest BCUT2D eigenvalue weighted by Crippen LogP contribution is -2.39. The number of nitrogens with zero attached hydrogens (tertiary/aromatic N) is 5. The van der Waals surface area contributed by atoms with Gasteiger partial charge in [-0.2, -0.15) is 13.2 Å². The summed E-state index contributed by atoms with van der Waals surface area (Å²) in [6.07, 6.45) is -4.85. The summed E-state index contributed by atoms with van der Waals surface area (Å²) < 4.78 is 38.0. The SMILES string of the molecule is O=CC1N(Cc2ccc([N+](=O)[O-])cc2)N=NN1c1ccc(C(F)(F)F)cc1. The van der Waals surface area contributed by atoms with Crippen LogP contribution in [0.4, 0.5) is 24.5 Å². The van der Waals surface area contributed by atoms with Crippen molar-refractivity contribution in [3.05, 3.63) is 69.8 Å². The lowest BCUT2D eigenvalue weighted by Gasteiger charge is -2.23. The molecule has 0 aromatic heterocycles. The molecule has 1 aliphatic rings. The number of nitro groups is 1. The molecule has 0 bridgehead atoms. The summed E-state index contributed by atoms with van der Waals surface area (Å²) in [5, 5.41) is 20.9. The van der Waals surface area contributed by atoms with Gasteiger partial charge in [-0.15, -0.1) is 0 Å². The number of aldehydes is 1. The Morgan fingerprint density at radius 2 is 1.70 bits per heavy atom. The van der Waals surface area contributed by atoms with E-state index in [0.29, 0.717) is 11.8 Å². The second-order valence-corrected chi connectivity index (χ2v) is 5.64. The van der Waals surface area contributed by atoms with E-state index in [4.69, 9.17) is 0 Å². The van der Waals surface area contributed by atoms with E-state index in [9.17, 15) is 28.1 Å². The van der Waals surface area contributed by atoms with Gasteiger partial charge >= 0.3 is 6.18 Å². The Labute approximate surface area is 150 Å². The van der Waals surface area contributed by atoms with Crippen molar-refractivity contribution in [3.63, 3.8) is 0 Å². The maximum Gasteiger partial charge on any atom is 0.416 e. The van der Waals surface area contributed by atoms with Gasteiger partial charge in [0.15, 0.2) is 12.5 Å². The van der Waals surface area contributed by atoms with Crippen molar-refractivity contribution in [1.29, 1.82) is 0 Å². The number of carbonyl (C=O) groups is 1. The highest BCUT2D eigenvalue weighted by molar-refractivity contribution is 5.65. The highest BCUT2D eigenvalue weighted by Crippen LogP contribution is 2.32. The molecule has 0 amide bonds. The van der Waals surface area contributed by atoms with E-state index >= 15 is 0 Å². The van der Waals surface area contributed by atoms with Crippen LogP contribution in [0.25, 0.3) is 0 Å². The third-order valence-electron chi connectivity index (χ3n) is 3.88. The van der Waals surface area contributed by atoms with Crippen molar-refractivity contribution in [2.24, 2.45) is 10.4 Å². The van der Waals surface area contributed by atoms with E-state index < -0.39 is 22.8 Å². The zero-order valence-electron chi connectivity index (χ0n) is 13.6. The Morgan fingerprint density at radius 1 is 1.07 bits per heavy atom. The quantitative estimate of drug-likeness (QED) is 0.448. The number of rotatable bonds is 5. The third kappa shape index (κ3) is 3.86. The average Bonchev–Trinajstić information content (AvgIpc) is 3.04. The van der Waals surface area contributed by atoms with Gasteiger partial charge in [0.2, 0.25) is 0 Å². The summed E-state index contributed by atoms with van der Waals surface area (Å²) in [6.45, 7) is 0.141. The Balaban J connectivity index is 1.74.